The molecule has 5 heteroatoms. The Balaban J connectivity index is 1.81. The predicted octanol–water partition coefficient (Wildman–Crippen LogP) is 1.65. The zero-order valence-electron chi connectivity index (χ0n) is 8.80. The maximum atomic E-state index is 10.2. The molecule has 0 aromatic carbocycles. The van der Waals surface area contributed by atoms with Crippen LogP contribution in [0.1, 0.15) is 12.8 Å². The van der Waals surface area contributed by atoms with Crippen molar-refractivity contribution in [3.05, 3.63) is 29.3 Å². The van der Waals surface area contributed by atoms with Gasteiger partial charge in [0.05, 0.1) is 6.61 Å². The Hall–Kier alpha value is -1.36. The number of nitrogens with zero attached hydrogens (tertiary/aromatic N) is 3. The summed E-state index contributed by atoms with van der Waals surface area (Å²) < 4.78 is 5.53. The molecule has 0 saturated heterocycles. The first-order chi connectivity index (χ1) is 7.31. The lowest BCUT2D eigenvalue weighted by Crippen LogP contribution is -2.23. The second kappa shape index (κ2) is 4.44. The van der Waals surface area contributed by atoms with Gasteiger partial charge >= 0.3 is 0 Å². The van der Waals surface area contributed by atoms with Gasteiger partial charge in [0.15, 0.2) is 0 Å². The number of hydrogen-bond acceptors (Lipinski definition) is 5. The van der Waals surface area contributed by atoms with Gasteiger partial charge in [-0.25, -0.2) is 0 Å². The molecule has 1 saturated carbocycles. The molecule has 1 fully saturated rings. The molecule has 0 spiro atoms. The molecule has 0 atom stereocenters. The van der Waals surface area contributed by atoms with E-state index in [-0.39, 0.29) is 0 Å². The average molecular weight is 209 g/mol. The number of nitroso groups, excluding NO2 is 1. The van der Waals surface area contributed by atoms with Crippen molar-refractivity contribution >= 4 is 0 Å². The van der Waals surface area contributed by atoms with Crippen LogP contribution in [-0.2, 0) is 4.74 Å². The molecule has 82 valence electrons. The van der Waals surface area contributed by atoms with E-state index >= 15 is 0 Å². The van der Waals surface area contributed by atoms with E-state index in [2.05, 4.69) is 5.18 Å². The van der Waals surface area contributed by atoms with E-state index in [1.807, 2.05) is 29.2 Å². The second-order valence-electron chi connectivity index (χ2n) is 3.91. The van der Waals surface area contributed by atoms with Gasteiger partial charge in [0.1, 0.15) is 18.8 Å². The zero-order valence-corrected chi connectivity index (χ0v) is 8.80. The highest BCUT2D eigenvalue weighted by Gasteiger charge is 2.22. The Morgan fingerprint density at radius 3 is 3.07 bits per heavy atom. The standard InChI is InChI=1S/C10H15N3O2/c1-12-4-5-13(10(12)6-11-14)8-15-7-9-2-3-9/h4-6,9H,2-3,7-8H2,1H3/b10-6-. The molecule has 0 bridgehead atoms. The highest BCUT2D eigenvalue weighted by molar-refractivity contribution is 5.12. The lowest BCUT2D eigenvalue weighted by Gasteiger charge is -2.20. The molecule has 2 rings (SSSR count). The second-order valence-corrected chi connectivity index (χ2v) is 3.91. The van der Waals surface area contributed by atoms with Crippen molar-refractivity contribution in [2.75, 3.05) is 20.4 Å². The molecule has 2 aliphatic rings. The predicted molar refractivity (Wildman–Crippen MR) is 56.2 cm³/mol. The summed E-state index contributed by atoms with van der Waals surface area (Å²) in [5, 5.41) is 2.78. The summed E-state index contributed by atoms with van der Waals surface area (Å²) in [5.74, 6) is 1.51. The largest absolute Gasteiger partial charge is 0.360 e. The van der Waals surface area contributed by atoms with Gasteiger partial charge in [-0.3, -0.25) is 0 Å². The van der Waals surface area contributed by atoms with Crippen molar-refractivity contribution in [1.82, 2.24) is 9.80 Å². The molecule has 0 amide bonds. The van der Waals surface area contributed by atoms with Crippen LogP contribution < -0.4 is 0 Å². The number of hydrogen-bond donors (Lipinski definition) is 0. The molecule has 1 aliphatic heterocycles. The first kappa shape index (κ1) is 10.2. The minimum absolute atomic E-state index is 0.485. The van der Waals surface area contributed by atoms with E-state index in [9.17, 15) is 4.91 Å². The van der Waals surface area contributed by atoms with E-state index in [1.165, 1.54) is 19.0 Å². The SMILES string of the molecule is CN1C=CN(COCC2CC2)/C1=C\N=O. The molecule has 1 heterocycles. The third-order valence-electron chi connectivity index (χ3n) is 2.57. The quantitative estimate of drug-likeness (QED) is 0.646. The summed E-state index contributed by atoms with van der Waals surface area (Å²) in [6.45, 7) is 1.30. The van der Waals surface area contributed by atoms with Crippen LogP contribution in [-0.4, -0.2) is 30.2 Å². The molecule has 0 N–H and O–H groups in total. The van der Waals surface area contributed by atoms with Crippen LogP contribution >= 0.6 is 0 Å². The molecule has 15 heavy (non-hydrogen) atoms. The molecule has 0 radical (unpaired) electrons. The van der Waals surface area contributed by atoms with Crippen LogP contribution in [0.4, 0.5) is 0 Å². The molecule has 1 aliphatic carbocycles. The van der Waals surface area contributed by atoms with Gasteiger partial charge in [0.25, 0.3) is 0 Å². The lowest BCUT2D eigenvalue weighted by atomic mass is 10.5. The number of ether oxygens (including phenoxy) is 1. The van der Waals surface area contributed by atoms with Crippen molar-refractivity contribution < 1.29 is 4.74 Å². The average Bonchev–Trinajstić information content (AvgIpc) is 2.98. The van der Waals surface area contributed by atoms with E-state index in [1.54, 1.807) is 0 Å². The normalized spacial score (nSPS) is 22.9. The van der Waals surface area contributed by atoms with Gasteiger partial charge in [-0.1, -0.05) is 0 Å². The smallest absolute Gasteiger partial charge is 0.136 e. The van der Waals surface area contributed by atoms with Crippen LogP contribution in [0.25, 0.3) is 0 Å². The van der Waals surface area contributed by atoms with E-state index in [0.29, 0.717) is 6.73 Å². The minimum Gasteiger partial charge on any atom is -0.360 e. The van der Waals surface area contributed by atoms with Crippen molar-refractivity contribution in [1.29, 1.82) is 0 Å². The number of rotatable bonds is 5. The van der Waals surface area contributed by atoms with Gasteiger partial charge in [-0.2, -0.15) is 0 Å². The van der Waals surface area contributed by atoms with Crippen molar-refractivity contribution in [2.24, 2.45) is 11.1 Å². The summed E-state index contributed by atoms with van der Waals surface area (Å²) in [7, 11) is 1.87. The summed E-state index contributed by atoms with van der Waals surface area (Å²) in [6.07, 6.45) is 7.62. The fraction of sp³-hybridized carbons (Fsp3) is 0.600. The van der Waals surface area contributed by atoms with E-state index in [0.717, 1.165) is 18.3 Å². The third-order valence-corrected chi connectivity index (χ3v) is 2.57. The Kier molecular flexibility index (Phi) is 3.01. The maximum absolute atomic E-state index is 10.2. The monoisotopic (exact) mass is 209 g/mol. The summed E-state index contributed by atoms with van der Waals surface area (Å²) >= 11 is 0. The van der Waals surface area contributed by atoms with Crippen LogP contribution in [0.15, 0.2) is 29.6 Å². The highest BCUT2D eigenvalue weighted by Crippen LogP contribution is 2.29. The molecule has 0 unspecified atom stereocenters. The van der Waals surface area contributed by atoms with Crippen molar-refractivity contribution in [3.63, 3.8) is 0 Å². The van der Waals surface area contributed by atoms with Crippen LogP contribution in [0.5, 0.6) is 0 Å². The van der Waals surface area contributed by atoms with Gasteiger partial charge < -0.3 is 14.5 Å². The summed E-state index contributed by atoms with van der Waals surface area (Å²) in [5.41, 5.74) is 0. The topological polar surface area (TPSA) is 45.1 Å². The lowest BCUT2D eigenvalue weighted by molar-refractivity contribution is 0.0587. The maximum Gasteiger partial charge on any atom is 0.136 e. The van der Waals surface area contributed by atoms with Crippen LogP contribution in [0, 0.1) is 10.8 Å². The van der Waals surface area contributed by atoms with Crippen LogP contribution in [0.3, 0.4) is 0 Å². The summed E-state index contributed by atoms with van der Waals surface area (Å²) in [4.78, 5) is 13.9. The fourth-order valence-electron chi connectivity index (χ4n) is 1.46. The first-order valence-electron chi connectivity index (χ1n) is 5.09. The Morgan fingerprint density at radius 1 is 1.60 bits per heavy atom. The van der Waals surface area contributed by atoms with Crippen molar-refractivity contribution in [2.45, 2.75) is 12.8 Å². The zero-order chi connectivity index (χ0) is 10.7. The Bertz CT molecular complexity index is 297. The molecule has 0 aromatic rings. The third kappa shape index (κ3) is 2.56. The highest BCUT2D eigenvalue weighted by atomic mass is 16.5. The van der Waals surface area contributed by atoms with Gasteiger partial charge in [-0.15, -0.1) is 4.91 Å². The van der Waals surface area contributed by atoms with Crippen LogP contribution in [0.2, 0.25) is 0 Å². The van der Waals surface area contributed by atoms with Gasteiger partial charge in [-0.05, 0) is 23.9 Å². The Labute approximate surface area is 89.0 Å². The molecule has 5 nitrogen and oxygen atoms in total. The van der Waals surface area contributed by atoms with E-state index < -0.39 is 0 Å². The van der Waals surface area contributed by atoms with E-state index in [4.69, 9.17) is 4.74 Å². The summed E-state index contributed by atoms with van der Waals surface area (Å²) in [6, 6.07) is 0. The Morgan fingerprint density at radius 2 is 2.40 bits per heavy atom. The van der Waals surface area contributed by atoms with Gasteiger partial charge in [0.2, 0.25) is 0 Å². The minimum atomic E-state index is 0.485. The first-order valence-corrected chi connectivity index (χ1v) is 5.09. The molecular weight excluding hydrogens is 194 g/mol. The molecule has 0 aromatic heterocycles. The van der Waals surface area contributed by atoms with Gasteiger partial charge in [0, 0.05) is 19.4 Å². The fourth-order valence-corrected chi connectivity index (χ4v) is 1.46. The molecular formula is C10H15N3O2. The van der Waals surface area contributed by atoms with Crippen molar-refractivity contribution in [3.8, 4) is 0 Å².